The number of rotatable bonds is 4. The van der Waals surface area contributed by atoms with E-state index in [0.717, 1.165) is 11.3 Å². The lowest BCUT2D eigenvalue weighted by atomic mass is 10.2. The summed E-state index contributed by atoms with van der Waals surface area (Å²) < 4.78 is 10.3. The molecular formula is C14H17N3O3. The standard InChI is InChI=1S/C14H17N3O3/c1-8-9(2)16-17-13(8)15-14(18)10-5-11(19-3)7-12(6-10)20-4/h5-7H,1-4H3,(H2,15,16,17,18). The molecule has 0 fully saturated rings. The fourth-order valence-electron chi connectivity index (χ4n) is 1.73. The second-order valence-corrected chi connectivity index (χ2v) is 4.38. The average Bonchev–Trinajstić information content (AvgIpc) is 2.78. The van der Waals surface area contributed by atoms with E-state index in [0.29, 0.717) is 22.9 Å². The summed E-state index contributed by atoms with van der Waals surface area (Å²) in [5.41, 5.74) is 2.28. The molecule has 0 aliphatic carbocycles. The molecule has 0 aliphatic heterocycles. The van der Waals surface area contributed by atoms with Gasteiger partial charge >= 0.3 is 0 Å². The van der Waals surface area contributed by atoms with Gasteiger partial charge in [-0.2, -0.15) is 5.10 Å². The number of nitrogens with one attached hydrogen (secondary N) is 2. The third-order valence-corrected chi connectivity index (χ3v) is 3.10. The minimum Gasteiger partial charge on any atom is -0.497 e. The second kappa shape index (κ2) is 5.64. The molecule has 0 unspecified atom stereocenters. The Labute approximate surface area is 117 Å². The van der Waals surface area contributed by atoms with Gasteiger partial charge in [0.25, 0.3) is 5.91 Å². The minimum atomic E-state index is -0.267. The summed E-state index contributed by atoms with van der Waals surface area (Å²) in [7, 11) is 3.08. The van der Waals surface area contributed by atoms with Gasteiger partial charge in [0.05, 0.1) is 14.2 Å². The maximum absolute atomic E-state index is 12.2. The number of hydrogen-bond acceptors (Lipinski definition) is 4. The van der Waals surface area contributed by atoms with Crippen LogP contribution in [0.15, 0.2) is 18.2 Å². The van der Waals surface area contributed by atoms with Crippen LogP contribution in [0.3, 0.4) is 0 Å². The van der Waals surface area contributed by atoms with Crippen LogP contribution in [0.4, 0.5) is 5.82 Å². The van der Waals surface area contributed by atoms with Crippen molar-refractivity contribution in [1.29, 1.82) is 0 Å². The number of carbonyl (C=O) groups is 1. The molecule has 6 nitrogen and oxygen atoms in total. The van der Waals surface area contributed by atoms with Crippen LogP contribution in [0.1, 0.15) is 21.6 Å². The van der Waals surface area contributed by atoms with Crippen molar-refractivity contribution in [3.8, 4) is 11.5 Å². The van der Waals surface area contributed by atoms with Crippen molar-refractivity contribution >= 4 is 11.7 Å². The molecule has 2 rings (SSSR count). The first-order valence-corrected chi connectivity index (χ1v) is 6.11. The van der Waals surface area contributed by atoms with Crippen LogP contribution < -0.4 is 14.8 Å². The molecule has 0 spiro atoms. The monoisotopic (exact) mass is 275 g/mol. The van der Waals surface area contributed by atoms with E-state index in [2.05, 4.69) is 15.5 Å². The largest absolute Gasteiger partial charge is 0.497 e. The molecule has 1 amide bonds. The van der Waals surface area contributed by atoms with Crippen molar-refractivity contribution in [2.24, 2.45) is 0 Å². The highest BCUT2D eigenvalue weighted by molar-refractivity contribution is 6.04. The number of carbonyl (C=O) groups excluding carboxylic acids is 1. The quantitative estimate of drug-likeness (QED) is 0.897. The molecule has 0 aliphatic rings. The first-order valence-electron chi connectivity index (χ1n) is 6.11. The Bertz CT molecular complexity index is 612. The van der Waals surface area contributed by atoms with Crippen molar-refractivity contribution in [2.45, 2.75) is 13.8 Å². The van der Waals surface area contributed by atoms with Crippen molar-refractivity contribution in [2.75, 3.05) is 19.5 Å². The van der Waals surface area contributed by atoms with Gasteiger partial charge in [0.2, 0.25) is 0 Å². The molecule has 0 saturated carbocycles. The molecule has 20 heavy (non-hydrogen) atoms. The lowest BCUT2D eigenvalue weighted by Crippen LogP contribution is -2.13. The Morgan fingerprint density at radius 2 is 1.75 bits per heavy atom. The molecule has 2 N–H and O–H groups in total. The van der Waals surface area contributed by atoms with Gasteiger partial charge in [-0.15, -0.1) is 0 Å². The molecular weight excluding hydrogens is 258 g/mol. The molecule has 1 aromatic heterocycles. The van der Waals surface area contributed by atoms with E-state index in [4.69, 9.17) is 9.47 Å². The molecule has 0 saturated heterocycles. The zero-order valence-electron chi connectivity index (χ0n) is 11.9. The summed E-state index contributed by atoms with van der Waals surface area (Å²) in [6.45, 7) is 3.78. The molecule has 0 radical (unpaired) electrons. The van der Waals surface area contributed by atoms with E-state index >= 15 is 0 Å². The highest BCUT2D eigenvalue weighted by Crippen LogP contribution is 2.23. The average molecular weight is 275 g/mol. The van der Waals surface area contributed by atoms with Gasteiger partial charge in [0, 0.05) is 22.9 Å². The first kappa shape index (κ1) is 13.9. The third-order valence-electron chi connectivity index (χ3n) is 3.10. The van der Waals surface area contributed by atoms with E-state index in [1.54, 1.807) is 18.2 Å². The number of anilines is 1. The van der Waals surface area contributed by atoms with Gasteiger partial charge < -0.3 is 14.8 Å². The second-order valence-electron chi connectivity index (χ2n) is 4.38. The van der Waals surface area contributed by atoms with Crippen LogP contribution in [0.2, 0.25) is 0 Å². The van der Waals surface area contributed by atoms with Gasteiger partial charge in [-0.25, -0.2) is 0 Å². The number of aryl methyl sites for hydroxylation is 1. The van der Waals surface area contributed by atoms with Crippen molar-refractivity contribution < 1.29 is 14.3 Å². The van der Waals surface area contributed by atoms with Crippen LogP contribution in [-0.2, 0) is 0 Å². The number of nitrogens with zero attached hydrogens (tertiary/aromatic N) is 1. The van der Waals surface area contributed by atoms with Gasteiger partial charge in [-0.05, 0) is 26.0 Å². The van der Waals surface area contributed by atoms with Gasteiger partial charge in [-0.1, -0.05) is 0 Å². The van der Waals surface area contributed by atoms with E-state index < -0.39 is 0 Å². The third kappa shape index (κ3) is 2.74. The molecule has 1 heterocycles. The Morgan fingerprint density at radius 3 is 2.20 bits per heavy atom. The molecule has 6 heteroatoms. The SMILES string of the molecule is COc1cc(OC)cc(C(=O)Nc2n[nH]c(C)c2C)c1. The van der Waals surface area contributed by atoms with Gasteiger partial charge in [0.15, 0.2) is 5.82 Å². The number of amides is 1. The van der Waals surface area contributed by atoms with Crippen LogP contribution >= 0.6 is 0 Å². The summed E-state index contributed by atoms with van der Waals surface area (Å²) in [5, 5.41) is 9.63. The van der Waals surface area contributed by atoms with Gasteiger partial charge in [0.1, 0.15) is 11.5 Å². The Hall–Kier alpha value is -2.50. The normalized spacial score (nSPS) is 10.2. The Kier molecular flexibility index (Phi) is 3.93. The first-order chi connectivity index (χ1) is 9.55. The number of ether oxygens (including phenoxy) is 2. The topological polar surface area (TPSA) is 76.2 Å². The van der Waals surface area contributed by atoms with Crippen LogP contribution in [0.5, 0.6) is 11.5 Å². The van der Waals surface area contributed by atoms with E-state index in [9.17, 15) is 4.79 Å². The van der Waals surface area contributed by atoms with E-state index in [-0.39, 0.29) is 5.91 Å². The lowest BCUT2D eigenvalue weighted by molar-refractivity contribution is 0.102. The Morgan fingerprint density at radius 1 is 1.15 bits per heavy atom. The molecule has 106 valence electrons. The highest BCUT2D eigenvalue weighted by Gasteiger charge is 2.13. The number of benzene rings is 1. The zero-order valence-corrected chi connectivity index (χ0v) is 11.9. The van der Waals surface area contributed by atoms with Crippen LogP contribution in [0.25, 0.3) is 0 Å². The van der Waals surface area contributed by atoms with Gasteiger partial charge in [-0.3, -0.25) is 9.89 Å². The maximum Gasteiger partial charge on any atom is 0.257 e. The molecule has 0 atom stereocenters. The maximum atomic E-state index is 12.2. The Balaban J connectivity index is 2.27. The van der Waals surface area contributed by atoms with Crippen molar-refractivity contribution in [3.05, 3.63) is 35.0 Å². The predicted octanol–water partition coefficient (Wildman–Crippen LogP) is 2.30. The molecule has 1 aromatic carbocycles. The van der Waals surface area contributed by atoms with E-state index in [1.165, 1.54) is 14.2 Å². The van der Waals surface area contributed by atoms with Crippen molar-refractivity contribution in [1.82, 2.24) is 10.2 Å². The number of H-pyrrole nitrogens is 1. The summed E-state index contributed by atoms with van der Waals surface area (Å²) in [5.74, 6) is 1.37. The van der Waals surface area contributed by atoms with Crippen LogP contribution in [-0.4, -0.2) is 30.3 Å². The number of aromatic amines is 1. The predicted molar refractivity (Wildman–Crippen MR) is 75.6 cm³/mol. The summed E-state index contributed by atoms with van der Waals surface area (Å²) >= 11 is 0. The molecule has 0 bridgehead atoms. The summed E-state index contributed by atoms with van der Waals surface area (Å²) in [4.78, 5) is 12.2. The zero-order chi connectivity index (χ0) is 14.7. The van der Waals surface area contributed by atoms with Crippen molar-refractivity contribution in [3.63, 3.8) is 0 Å². The van der Waals surface area contributed by atoms with Crippen LogP contribution in [0, 0.1) is 13.8 Å². The molecule has 2 aromatic rings. The number of hydrogen-bond donors (Lipinski definition) is 2. The smallest absolute Gasteiger partial charge is 0.257 e. The number of methoxy groups -OCH3 is 2. The fraction of sp³-hybridized carbons (Fsp3) is 0.286. The minimum absolute atomic E-state index is 0.267. The lowest BCUT2D eigenvalue weighted by Gasteiger charge is -2.08. The van der Waals surface area contributed by atoms with E-state index in [1.807, 2.05) is 13.8 Å². The highest BCUT2D eigenvalue weighted by atomic mass is 16.5. The summed E-state index contributed by atoms with van der Waals surface area (Å²) in [6, 6.07) is 5.00. The number of aromatic nitrogens is 2. The fourth-order valence-corrected chi connectivity index (χ4v) is 1.73. The summed E-state index contributed by atoms with van der Waals surface area (Å²) in [6.07, 6.45) is 0.